The second kappa shape index (κ2) is 23.7. The molecule has 6 aromatic rings. The number of carbonyl (C=O) groups is 9. The van der Waals surface area contributed by atoms with Gasteiger partial charge in [-0.3, -0.25) is 24.0 Å². The van der Waals surface area contributed by atoms with Gasteiger partial charge in [-0.2, -0.15) is 0 Å². The SMILES string of the molecule is CC(C)(O)C(=O)c1cccc(COC(=O)c2ccc(C(=O)c3ccc(C(=O)OCc4cccc(C(=O)C(C)(C)O)c4)c(C(=O)OCc4cccc(C(=O)C(C)(C)O)c4)c3)cc2C(=O)OCc2cccc(C(=O)C(C)(C)O)c2)c1. The predicted molar refractivity (Wildman–Crippen MR) is 281 cm³/mol. The van der Waals surface area contributed by atoms with Gasteiger partial charge in [0.1, 0.15) is 48.8 Å². The third-order valence-electron chi connectivity index (χ3n) is 11.9. The second-order valence-corrected chi connectivity index (χ2v) is 20.5. The summed E-state index contributed by atoms with van der Waals surface area (Å²) in [5, 5.41) is 41.2. The van der Waals surface area contributed by atoms with E-state index in [2.05, 4.69) is 0 Å². The molecule has 0 aliphatic heterocycles. The van der Waals surface area contributed by atoms with Gasteiger partial charge in [-0.15, -0.1) is 0 Å². The third-order valence-corrected chi connectivity index (χ3v) is 11.9. The van der Waals surface area contributed by atoms with Gasteiger partial charge in [0.2, 0.25) is 0 Å². The van der Waals surface area contributed by atoms with Crippen LogP contribution in [0.5, 0.6) is 0 Å². The lowest BCUT2D eigenvalue weighted by Gasteiger charge is -2.16. The van der Waals surface area contributed by atoms with Gasteiger partial charge in [-0.1, -0.05) is 84.9 Å². The van der Waals surface area contributed by atoms with Gasteiger partial charge in [0.25, 0.3) is 0 Å². The predicted octanol–water partition coefficient (Wildman–Crippen LogP) is 8.16. The summed E-state index contributed by atoms with van der Waals surface area (Å²) in [6.45, 7) is 8.93. The molecule has 0 aromatic heterocycles. The average molecular weight is 1060 g/mol. The number of aliphatic hydroxyl groups is 4. The van der Waals surface area contributed by atoms with Crippen molar-refractivity contribution in [3.8, 4) is 0 Å². The minimum atomic E-state index is -1.71. The van der Waals surface area contributed by atoms with E-state index in [0.717, 1.165) is 24.3 Å². The van der Waals surface area contributed by atoms with Crippen molar-refractivity contribution in [2.45, 2.75) is 104 Å². The molecule has 0 fully saturated rings. The summed E-state index contributed by atoms with van der Waals surface area (Å²) in [5.74, 6) is -7.50. The highest BCUT2D eigenvalue weighted by Crippen LogP contribution is 2.25. The van der Waals surface area contributed by atoms with E-state index in [1.807, 2.05) is 0 Å². The Kier molecular flexibility index (Phi) is 17.8. The van der Waals surface area contributed by atoms with Gasteiger partial charge < -0.3 is 39.4 Å². The van der Waals surface area contributed by atoms with Crippen LogP contribution in [0.2, 0.25) is 0 Å². The number of ether oxygens (including phenoxy) is 4. The van der Waals surface area contributed by atoms with Crippen LogP contribution >= 0.6 is 0 Å². The summed E-state index contributed by atoms with van der Waals surface area (Å²) in [5.41, 5.74) is -6.89. The zero-order valence-corrected chi connectivity index (χ0v) is 44.1. The Morgan fingerprint density at radius 3 is 0.769 bits per heavy atom. The Bertz CT molecular complexity index is 3130. The fourth-order valence-electron chi connectivity index (χ4n) is 7.76. The van der Waals surface area contributed by atoms with Crippen molar-refractivity contribution < 1.29 is 82.5 Å². The highest BCUT2D eigenvalue weighted by Gasteiger charge is 2.30. The van der Waals surface area contributed by atoms with Crippen LogP contribution < -0.4 is 0 Å². The van der Waals surface area contributed by atoms with Gasteiger partial charge in [0.15, 0.2) is 28.9 Å². The van der Waals surface area contributed by atoms with Gasteiger partial charge in [0, 0.05) is 33.4 Å². The van der Waals surface area contributed by atoms with Crippen LogP contribution in [0.4, 0.5) is 0 Å². The molecule has 0 saturated heterocycles. The Morgan fingerprint density at radius 2 is 0.538 bits per heavy atom. The van der Waals surface area contributed by atoms with Crippen LogP contribution in [0.15, 0.2) is 133 Å². The minimum Gasteiger partial charge on any atom is -0.457 e. The maximum atomic E-state index is 14.5. The molecule has 4 N–H and O–H groups in total. The van der Waals surface area contributed by atoms with Crippen molar-refractivity contribution in [1.29, 1.82) is 0 Å². The fourth-order valence-corrected chi connectivity index (χ4v) is 7.76. The number of hydrogen-bond acceptors (Lipinski definition) is 17. The van der Waals surface area contributed by atoms with Crippen LogP contribution in [0, 0.1) is 0 Å². The van der Waals surface area contributed by atoms with Crippen LogP contribution in [0.1, 0.15) is 176 Å². The largest absolute Gasteiger partial charge is 0.457 e. The molecule has 0 saturated carbocycles. The van der Waals surface area contributed by atoms with E-state index in [9.17, 15) is 63.6 Å². The van der Waals surface area contributed by atoms with E-state index in [4.69, 9.17) is 18.9 Å². The average Bonchev–Trinajstić information content (AvgIpc) is 3.41. The smallest absolute Gasteiger partial charge is 0.339 e. The molecule has 0 atom stereocenters. The summed E-state index contributed by atoms with van der Waals surface area (Å²) in [6, 6.07) is 30.8. The van der Waals surface area contributed by atoms with Crippen molar-refractivity contribution in [2.24, 2.45) is 0 Å². The number of hydrogen-bond donors (Lipinski definition) is 4. The summed E-state index contributed by atoms with van der Waals surface area (Å²) in [4.78, 5) is 121. The van der Waals surface area contributed by atoms with Gasteiger partial charge in [-0.25, -0.2) is 19.2 Å². The maximum Gasteiger partial charge on any atom is 0.339 e. The molecule has 6 rings (SSSR count). The highest BCUT2D eigenvalue weighted by atomic mass is 16.5. The number of carbonyl (C=O) groups excluding carboxylic acids is 9. The minimum absolute atomic E-state index is 0.127. The van der Waals surface area contributed by atoms with E-state index in [0.29, 0.717) is 22.3 Å². The van der Waals surface area contributed by atoms with E-state index in [1.54, 1.807) is 24.3 Å². The van der Waals surface area contributed by atoms with E-state index < -0.39 is 113 Å². The molecule has 17 nitrogen and oxygen atoms in total. The Balaban J connectivity index is 1.34. The number of rotatable bonds is 22. The molecule has 78 heavy (non-hydrogen) atoms. The molecule has 0 aliphatic rings. The highest BCUT2D eigenvalue weighted by molar-refractivity contribution is 6.14. The molecule has 17 heteroatoms. The topological polar surface area (TPSA) is 271 Å². The van der Waals surface area contributed by atoms with Crippen LogP contribution in [-0.4, -0.2) is 95.6 Å². The summed E-state index contributed by atoms with van der Waals surface area (Å²) >= 11 is 0. The lowest BCUT2D eigenvalue weighted by Crippen LogP contribution is -2.31. The van der Waals surface area contributed by atoms with Crippen LogP contribution in [0.25, 0.3) is 0 Å². The number of benzene rings is 6. The number of esters is 4. The Labute approximate surface area is 449 Å². The monoisotopic (exact) mass is 1060 g/mol. The third kappa shape index (κ3) is 14.9. The molecule has 0 heterocycles. The molecule has 0 unspecified atom stereocenters. The summed E-state index contributed by atoms with van der Waals surface area (Å²) in [7, 11) is 0. The number of Topliss-reactive ketones (excluding diaryl/α,β-unsaturated/α-hetero) is 4. The van der Waals surface area contributed by atoms with E-state index in [-0.39, 0.29) is 44.5 Å². The Morgan fingerprint density at radius 1 is 0.308 bits per heavy atom. The maximum absolute atomic E-state index is 14.5. The summed E-state index contributed by atoms with van der Waals surface area (Å²) in [6.07, 6.45) is 0. The molecule has 404 valence electrons. The van der Waals surface area contributed by atoms with Crippen LogP contribution in [-0.2, 0) is 45.4 Å². The molecular formula is C61H58O17. The van der Waals surface area contributed by atoms with Crippen molar-refractivity contribution >= 4 is 52.8 Å². The first-order valence-corrected chi connectivity index (χ1v) is 24.4. The van der Waals surface area contributed by atoms with Gasteiger partial charge in [0.05, 0.1) is 22.3 Å². The van der Waals surface area contributed by atoms with Gasteiger partial charge >= 0.3 is 23.9 Å². The molecule has 6 aromatic carbocycles. The standard InChI is InChI=1S/C61H58O17/c1-58(2,71)50(63)41-17-9-13-35(25-41)31-75-54(67)45-23-21-39(29-47(45)56(69)77-33-37-15-11-19-43(27-37)52(65)60(5,6)73)49(62)40-22-24-46(55(68)76-32-36-14-10-18-42(26-36)51(64)59(3,4)72)48(30-40)57(70)78-34-38-16-12-20-44(28-38)53(66)61(7,8)74/h9-30,71-74H,31-34H2,1-8H3. The first-order valence-electron chi connectivity index (χ1n) is 24.4. The first-order chi connectivity index (χ1) is 36.4. The summed E-state index contributed by atoms with van der Waals surface area (Å²) < 4.78 is 22.4. The lowest BCUT2D eigenvalue weighted by atomic mass is 9.95. The molecule has 0 spiro atoms. The normalized spacial score (nSPS) is 11.7. The van der Waals surface area contributed by atoms with Crippen molar-refractivity contribution in [3.05, 3.63) is 211 Å². The Hall–Kier alpha value is -8.61. The van der Waals surface area contributed by atoms with E-state index >= 15 is 0 Å². The quantitative estimate of drug-likeness (QED) is 0.0283. The van der Waals surface area contributed by atoms with Crippen molar-refractivity contribution in [2.75, 3.05) is 0 Å². The molecule has 0 aliphatic carbocycles. The number of ketones is 5. The van der Waals surface area contributed by atoms with Crippen molar-refractivity contribution in [1.82, 2.24) is 0 Å². The first kappa shape index (κ1) is 58.6. The molecule has 0 bridgehead atoms. The van der Waals surface area contributed by atoms with Crippen LogP contribution in [0.3, 0.4) is 0 Å². The molecule has 0 radical (unpaired) electrons. The van der Waals surface area contributed by atoms with Gasteiger partial charge in [-0.05, 0) is 126 Å². The van der Waals surface area contributed by atoms with Crippen molar-refractivity contribution in [3.63, 3.8) is 0 Å². The van der Waals surface area contributed by atoms with E-state index in [1.165, 1.54) is 140 Å². The fraction of sp³-hybridized carbons (Fsp3) is 0.262. The zero-order valence-electron chi connectivity index (χ0n) is 44.1. The zero-order chi connectivity index (χ0) is 57.5. The lowest BCUT2D eigenvalue weighted by molar-refractivity contribution is 0.0424. The second-order valence-electron chi connectivity index (χ2n) is 20.5. The molecular weight excluding hydrogens is 1000 g/mol. The molecule has 0 amide bonds.